The van der Waals surface area contributed by atoms with Gasteiger partial charge in [-0.2, -0.15) is 0 Å². The van der Waals surface area contributed by atoms with Crippen LogP contribution in [-0.2, 0) is 14.6 Å². The van der Waals surface area contributed by atoms with E-state index in [1.807, 2.05) is 6.92 Å². The molecule has 0 aromatic rings. The van der Waals surface area contributed by atoms with E-state index in [1.54, 1.807) is 0 Å². The van der Waals surface area contributed by atoms with E-state index < -0.39 is 25.8 Å². The summed E-state index contributed by atoms with van der Waals surface area (Å²) in [6.45, 7) is 4.57. The lowest BCUT2D eigenvalue weighted by Crippen LogP contribution is -2.49. The van der Waals surface area contributed by atoms with Crippen molar-refractivity contribution in [1.82, 2.24) is 0 Å². The lowest BCUT2D eigenvalue weighted by Gasteiger charge is -2.34. The van der Waals surface area contributed by atoms with E-state index in [1.165, 1.54) is 13.8 Å². The van der Waals surface area contributed by atoms with Gasteiger partial charge in [-0.15, -0.1) is 0 Å². The first-order valence-electron chi connectivity index (χ1n) is 6.22. The topological polar surface area (TPSA) is 71.4 Å². The Bertz CT molecular complexity index is 383. The second-order valence-corrected chi connectivity index (χ2v) is 8.07. The Morgan fingerprint density at radius 3 is 2.29 bits per heavy atom. The van der Waals surface area contributed by atoms with Crippen LogP contribution in [0.4, 0.5) is 0 Å². The zero-order chi connectivity index (χ0) is 13.3. The second kappa shape index (κ2) is 4.96. The molecule has 17 heavy (non-hydrogen) atoms. The molecule has 0 heterocycles. The Morgan fingerprint density at radius 2 is 1.82 bits per heavy atom. The molecule has 4 nitrogen and oxygen atoms in total. The molecule has 1 saturated carbocycles. The molecule has 0 amide bonds. The molecule has 0 aromatic carbocycles. The van der Waals surface area contributed by atoms with Crippen molar-refractivity contribution in [3.05, 3.63) is 0 Å². The smallest absolute Gasteiger partial charge is 0.324 e. The molecule has 1 rings (SSSR count). The van der Waals surface area contributed by atoms with Crippen LogP contribution in [0, 0.1) is 5.92 Å². The van der Waals surface area contributed by atoms with Gasteiger partial charge in [0.2, 0.25) is 0 Å². The lowest BCUT2D eigenvalue weighted by atomic mass is 9.87. The van der Waals surface area contributed by atoms with Crippen molar-refractivity contribution < 1.29 is 18.3 Å². The van der Waals surface area contributed by atoms with Gasteiger partial charge in [0.15, 0.2) is 14.6 Å². The molecule has 1 fully saturated rings. The maximum atomic E-state index is 12.4. The average Bonchev–Trinajstić information content (AvgIpc) is 2.28. The standard InChI is InChI=1S/C12H22O4S/c1-4-9-7-5-6-8-10(9)17(15,16)12(2,3)11(13)14/h9-10H,4-8H2,1-3H3,(H,13,14). The number of hydrogen-bond acceptors (Lipinski definition) is 3. The van der Waals surface area contributed by atoms with Gasteiger partial charge in [-0.3, -0.25) is 4.79 Å². The molecule has 2 unspecified atom stereocenters. The van der Waals surface area contributed by atoms with Crippen LogP contribution in [0.5, 0.6) is 0 Å². The maximum absolute atomic E-state index is 12.4. The first kappa shape index (κ1) is 14.5. The quantitative estimate of drug-likeness (QED) is 0.843. The Balaban J connectivity index is 3.08. The summed E-state index contributed by atoms with van der Waals surface area (Å²) < 4.78 is 23.2. The van der Waals surface area contributed by atoms with E-state index in [-0.39, 0.29) is 5.92 Å². The molecule has 5 heteroatoms. The van der Waals surface area contributed by atoms with Crippen molar-refractivity contribution in [2.45, 2.75) is 62.9 Å². The first-order valence-corrected chi connectivity index (χ1v) is 7.76. The highest BCUT2D eigenvalue weighted by molar-refractivity contribution is 7.94. The van der Waals surface area contributed by atoms with Gasteiger partial charge < -0.3 is 5.11 Å². The molecule has 0 aromatic heterocycles. The summed E-state index contributed by atoms with van der Waals surface area (Å²) in [5.41, 5.74) is 0. The monoisotopic (exact) mass is 262 g/mol. The van der Waals surface area contributed by atoms with E-state index >= 15 is 0 Å². The molecule has 0 bridgehead atoms. The van der Waals surface area contributed by atoms with E-state index in [0.29, 0.717) is 6.42 Å². The fourth-order valence-electron chi connectivity index (χ4n) is 2.55. The van der Waals surface area contributed by atoms with Crippen LogP contribution in [0.25, 0.3) is 0 Å². The van der Waals surface area contributed by atoms with Gasteiger partial charge in [0, 0.05) is 0 Å². The average molecular weight is 262 g/mol. The molecule has 1 aliphatic carbocycles. The summed E-state index contributed by atoms with van der Waals surface area (Å²) >= 11 is 0. The van der Waals surface area contributed by atoms with Gasteiger partial charge in [0.05, 0.1) is 5.25 Å². The van der Waals surface area contributed by atoms with Crippen molar-refractivity contribution in [2.24, 2.45) is 5.92 Å². The number of carboxylic acid groups (broad SMARTS) is 1. The molecular formula is C12H22O4S. The molecule has 100 valence electrons. The third-order valence-electron chi connectivity index (χ3n) is 3.99. The van der Waals surface area contributed by atoms with E-state index in [4.69, 9.17) is 5.11 Å². The minimum absolute atomic E-state index is 0.118. The van der Waals surface area contributed by atoms with Gasteiger partial charge in [0.1, 0.15) is 0 Å². The van der Waals surface area contributed by atoms with Crippen LogP contribution in [0.15, 0.2) is 0 Å². The van der Waals surface area contributed by atoms with Crippen molar-refractivity contribution in [3.8, 4) is 0 Å². The Morgan fingerprint density at radius 1 is 1.29 bits per heavy atom. The summed E-state index contributed by atoms with van der Waals surface area (Å²) in [6, 6.07) is 0. The van der Waals surface area contributed by atoms with Gasteiger partial charge in [-0.25, -0.2) is 8.42 Å². The van der Waals surface area contributed by atoms with Crippen LogP contribution in [0.2, 0.25) is 0 Å². The predicted octanol–water partition coefficient (Wildman–Crippen LogP) is 2.23. The fourth-order valence-corrected chi connectivity index (χ4v) is 4.86. The van der Waals surface area contributed by atoms with E-state index in [0.717, 1.165) is 25.7 Å². The molecule has 0 saturated heterocycles. The summed E-state index contributed by atoms with van der Waals surface area (Å²) in [5, 5.41) is 8.61. The van der Waals surface area contributed by atoms with Gasteiger partial charge in [0.25, 0.3) is 0 Å². The zero-order valence-corrected chi connectivity index (χ0v) is 11.6. The zero-order valence-electron chi connectivity index (χ0n) is 10.8. The van der Waals surface area contributed by atoms with Crippen molar-refractivity contribution >= 4 is 15.8 Å². The van der Waals surface area contributed by atoms with Crippen molar-refractivity contribution in [3.63, 3.8) is 0 Å². The highest BCUT2D eigenvalue weighted by Crippen LogP contribution is 2.36. The van der Waals surface area contributed by atoms with Crippen molar-refractivity contribution in [1.29, 1.82) is 0 Å². The normalized spacial score (nSPS) is 26.8. The lowest BCUT2D eigenvalue weighted by molar-refractivity contribution is -0.139. The SMILES string of the molecule is CCC1CCCCC1S(=O)(=O)C(C)(C)C(=O)O. The second-order valence-electron chi connectivity index (χ2n) is 5.35. The van der Waals surface area contributed by atoms with Gasteiger partial charge >= 0.3 is 5.97 Å². The van der Waals surface area contributed by atoms with Crippen LogP contribution < -0.4 is 0 Å². The van der Waals surface area contributed by atoms with Gasteiger partial charge in [-0.1, -0.05) is 26.2 Å². The van der Waals surface area contributed by atoms with E-state index in [2.05, 4.69) is 0 Å². The van der Waals surface area contributed by atoms with E-state index in [9.17, 15) is 13.2 Å². The third-order valence-corrected chi connectivity index (χ3v) is 7.00. The molecule has 2 atom stereocenters. The highest BCUT2D eigenvalue weighted by atomic mass is 32.2. The van der Waals surface area contributed by atoms with Crippen LogP contribution in [-0.4, -0.2) is 29.5 Å². The number of aliphatic carboxylic acids is 1. The molecule has 1 N–H and O–H groups in total. The van der Waals surface area contributed by atoms with Crippen LogP contribution in [0.3, 0.4) is 0 Å². The maximum Gasteiger partial charge on any atom is 0.324 e. The molecule has 0 spiro atoms. The minimum atomic E-state index is -3.62. The molecule has 0 radical (unpaired) electrons. The number of sulfone groups is 1. The number of hydrogen-bond donors (Lipinski definition) is 1. The number of carbonyl (C=O) groups is 1. The van der Waals surface area contributed by atoms with Crippen LogP contribution in [0.1, 0.15) is 52.9 Å². The first-order chi connectivity index (χ1) is 7.75. The van der Waals surface area contributed by atoms with Gasteiger partial charge in [-0.05, 0) is 32.6 Å². The highest BCUT2D eigenvalue weighted by Gasteiger charge is 2.48. The Kier molecular flexibility index (Phi) is 4.23. The summed E-state index contributed by atoms with van der Waals surface area (Å²) in [5.74, 6) is -1.13. The largest absolute Gasteiger partial charge is 0.480 e. The number of carboxylic acids is 1. The Hall–Kier alpha value is -0.580. The van der Waals surface area contributed by atoms with Crippen LogP contribution >= 0.6 is 0 Å². The fraction of sp³-hybridized carbons (Fsp3) is 0.917. The molecular weight excluding hydrogens is 240 g/mol. The number of rotatable bonds is 4. The summed E-state index contributed by atoms with van der Waals surface area (Å²) in [4.78, 5) is 11.1. The molecule has 1 aliphatic rings. The summed E-state index contributed by atoms with van der Waals surface area (Å²) in [7, 11) is -3.62. The third kappa shape index (κ3) is 2.49. The molecule has 0 aliphatic heterocycles. The minimum Gasteiger partial charge on any atom is -0.480 e. The predicted molar refractivity (Wildman–Crippen MR) is 66.7 cm³/mol. The van der Waals surface area contributed by atoms with Crippen molar-refractivity contribution in [2.75, 3.05) is 0 Å². The Labute approximate surface area is 103 Å². The summed E-state index contributed by atoms with van der Waals surface area (Å²) in [6.07, 6.45) is 4.25.